The Balaban J connectivity index is 1.65. The molecule has 2 aromatic carbocycles. The van der Waals surface area contributed by atoms with E-state index in [1.165, 1.54) is 12.7 Å². The monoisotopic (exact) mass is 366 g/mol. The van der Waals surface area contributed by atoms with Gasteiger partial charge in [-0.15, -0.1) is 0 Å². The zero-order valence-corrected chi connectivity index (χ0v) is 15.4. The molecule has 1 fully saturated rings. The van der Waals surface area contributed by atoms with Crippen molar-refractivity contribution in [2.45, 2.75) is 19.8 Å². The molecule has 0 bridgehead atoms. The maximum absolute atomic E-state index is 12.5. The number of esters is 1. The summed E-state index contributed by atoms with van der Waals surface area (Å²) in [5, 5.41) is 2.88. The van der Waals surface area contributed by atoms with Crippen LogP contribution in [0.5, 0.6) is 0 Å². The lowest BCUT2D eigenvalue weighted by Crippen LogP contribution is -2.28. The summed E-state index contributed by atoms with van der Waals surface area (Å²) in [6.45, 7) is 2.39. The number of rotatable bonds is 5. The minimum atomic E-state index is -0.430. The van der Waals surface area contributed by atoms with Gasteiger partial charge in [-0.3, -0.25) is 9.59 Å². The molecule has 1 aliphatic heterocycles. The molecular weight excluding hydrogens is 344 g/mol. The van der Waals surface area contributed by atoms with Crippen molar-refractivity contribution in [2.24, 2.45) is 5.92 Å². The number of nitrogens with one attached hydrogen (secondary N) is 1. The molecule has 1 unspecified atom stereocenters. The van der Waals surface area contributed by atoms with E-state index < -0.39 is 11.9 Å². The Bertz CT molecular complexity index is 843. The fraction of sp³-hybridized carbons (Fsp3) is 0.286. The quantitative estimate of drug-likeness (QED) is 0.826. The van der Waals surface area contributed by atoms with E-state index in [0.717, 1.165) is 12.1 Å². The van der Waals surface area contributed by atoms with Gasteiger partial charge < -0.3 is 15.0 Å². The Kier molecular flexibility index (Phi) is 5.54. The van der Waals surface area contributed by atoms with E-state index >= 15 is 0 Å². The molecule has 0 spiro atoms. The van der Waals surface area contributed by atoms with Crippen LogP contribution in [0.15, 0.2) is 48.5 Å². The van der Waals surface area contributed by atoms with E-state index in [0.29, 0.717) is 17.8 Å². The molecule has 1 heterocycles. The summed E-state index contributed by atoms with van der Waals surface area (Å²) in [4.78, 5) is 38.0. The molecule has 6 nitrogen and oxygen atoms in total. The first-order chi connectivity index (χ1) is 13.0. The summed E-state index contributed by atoms with van der Waals surface area (Å²) < 4.78 is 4.67. The number of carbonyl (C=O) groups is 3. The van der Waals surface area contributed by atoms with Crippen LogP contribution in [0.3, 0.4) is 0 Å². The molecule has 27 heavy (non-hydrogen) atoms. The van der Waals surface area contributed by atoms with Gasteiger partial charge in [0.2, 0.25) is 11.8 Å². The van der Waals surface area contributed by atoms with Gasteiger partial charge in [-0.1, -0.05) is 19.1 Å². The fourth-order valence-corrected chi connectivity index (χ4v) is 3.10. The summed E-state index contributed by atoms with van der Waals surface area (Å²) in [6, 6.07) is 14.3. The predicted molar refractivity (Wildman–Crippen MR) is 103 cm³/mol. The van der Waals surface area contributed by atoms with Gasteiger partial charge in [0.05, 0.1) is 18.6 Å². The second kappa shape index (κ2) is 8.03. The van der Waals surface area contributed by atoms with Crippen molar-refractivity contribution in [1.82, 2.24) is 0 Å². The van der Waals surface area contributed by atoms with Gasteiger partial charge in [-0.25, -0.2) is 4.79 Å². The molecule has 3 rings (SSSR count). The highest BCUT2D eigenvalue weighted by molar-refractivity contribution is 6.03. The average Bonchev–Trinajstić information content (AvgIpc) is 3.10. The van der Waals surface area contributed by atoms with Crippen LogP contribution in [0.1, 0.15) is 29.3 Å². The Morgan fingerprint density at radius 2 is 1.78 bits per heavy atom. The van der Waals surface area contributed by atoms with Crippen LogP contribution in [-0.4, -0.2) is 31.4 Å². The van der Waals surface area contributed by atoms with Gasteiger partial charge in [0, 0.05) is 24.3 Å². The third-order valence-corrected chi connectivity index (χ3v) is 4.73. The zero-order chi connectivity index (χ0) is 19.4. The summed E-state index contributed by atoms with van der Waals surface area (Å²) in [5.74, 6) is -1.12. The molecule has 0 radical (unpaired) electrons. The molecule has 140 valence electrons. The minimum absolute atomic E-state index is 0.109. The molecule has 1 saturated heterocycles. The molecule has 0 saturated carbocycles. The van der Waals surface area contributed by atoms with Crippen LogP contribution in [0.4, 0.5) is 11.4 Å². The maximum atomic E-state index is 12.5. The lowest BCUT2D eigenvalue weighted by Gasteiger charge is -2.17. The SMILES string of the molecule is CCc1ccc(NC(=O)C2CC(=O)N(c3ccc(C(=O)OC)cc3)C2)cc1. The van der Waals surface area contributed by atoms with Crippen LogP contribution < -0.4 is 10.2 Å². The zero-order valence-electron chi connectivity index (χ0n) is 15.4. The van der Waals surface area contributed by atoms with Gasteiger partial charge in [0.1, 0.15) is 0 Å². The first-order valence-corrected chi connectivity index (χ1v) is 8.90. The summed E-state index contributed by atoms with van der Waals surface area (Å²) >= 11 is 0. The highest BCUT2D eigenvalue weighted by Crippen LogP contribution is 2.26. The molecule has 0 aromatic heterocycles. The van der Waals surface area contributed by atoms with E-state index in [1.54, 1.807) is 29.2 Å². The summed E-state index contributed by atoms with van der Waals surface area (Å²) in [6.07, 6.45) is 1.10. The molecular formula is C21H22N2O4. The van der Waals surface area contributed by atoms with Gasteiger partial charge in [0.15, 0.2) is 0 Å². The van der Waals surface area contributed by atoms with Crippen molar-refractivity contribution in [1.29, 1.82) is 0 Å². The molecule has 0 aliphatic carbocycles. The van der Waals surface area contributed by atoms with Crippen LogP contribution in [0.25, 0.3) is 0 Å². The Hall–Kier alpha value is -3.15. The minimum Gasteiger partial charge on any atom is -0.465 e. The van der Waals surface area contributed by atoms with E-state index in [9.17, 15) is 14.4 Å². The van der Waals surface area contributed by atoms with Crippen molar-refractivity contribution in [3.8, 4) is 0 Å². The Labute approximate surface area is 158 Å². The molecule has 2 amide bonds. The Morgan fingerprint density at radius 1 is 1.11 bits per heavy atom. The van der Waals surface area contributed by atoms with Crippen molar-refractivity contribution in [3.05, 3.63) is 59.7 Å². The summed E-state index contributed by atoms with van der Waals surface area (Å²) in [7, 11) is 1.32. The van der Waals surface area contributed by atoms with Crippen molar-refractivity contribution in [3.63, 3.8) is 0 Å². The molecule has 6 heteroatoms. The number of carbonyl (C=O) groups excluding carboxylic acids is 3. The van der Waals surface area contributed by atoms with Gasteiger partial charge in [-0.2, -0.15) is 0 Å². The van der Waals surface area contributed by atoms with Gasteiger partial charge in [-0.05, 0) is 48.4 Å². The number of hydrogen-bond donors (Lipinski definition) is 1. The number of benzene rings is 2. The number of hydrogen-bond acceptors (Lipinski definition) is 4. The smallest absolute Gasteiger partial charge is 0.337 e. The Morgan fingerprint density at radius 3 is 2.37 bits per heavy atom. The number of aryl methyl sites for hydroxylation is 1. The molecule has 2 aromatic rings. The predicted octanol–water partition coefficient (Wildman–Crippen LogP) is 3.03. The van der Waals surface area contributed by atoms with Crippen LogP contribution >= 0.6 is 0 Å². The average molecular weight is 366 g/mol. The molecule has 1 N–H and O–H groups in total. The van der Waals surface area contributed by atoms with E-state index in [4.69, 9.17) is 0 Å². The lowest BCUT2D eigenvalue weighted by molar-refractivity contribution is -0.122. The third-order valence-electron chi connectivity index (χ3n) is 4.73. The third kappa shape index (κ3) is 4.16. The van der Waals surface area contributed by atoms with Gasteiger partial charge >= 0.3 is 5.97 Å². The van der Waals surface area contributed by atoms with Crippen molar-refractivity contribution >= 4 is 29.2 Å². The first-order valence-electron chi connectivity index (χ1n) is 8.90. The summed E-state index contributed by atoms with van der Waals surface area (Å²) in [5.41, 5.74) is 3.00. The largest absolute Gasteiger partial charge is 0.465 e. The fourth-order valence-electron chi connectivity index (χ4n) is 3.10. The first kappa shape index (κ1) is 18.6. The maximum Gasteiger partial charge on any atom is 0.337 e. The van der Waals surface area contributed by atoms with E-state index in [2.05, 4.69) is 17.0 Å². The normalized spacial score (nSPS) is 16.3. The van der Waals surface area contributed by atoms with E-state index in [-0.39, 0.29) is 18.2 Å². The van der Waals surface area contributed by atoms with Crippen molar-refractivity contribution in [2.75, 3.05) is 23.9 Å². The highest BCUT2D eigenvalue weighted by Gasteiger charge is 2.35. The standard InChI is InChI=1S/C21H22N2O4/c1-3-14-4-8-17(9-5-14)22-20(25)16-12-19(24)23(13-16)18-10-6-15(7-11-18)21(26)27-2/h4-11,16H,3,12-13H2,1-2H3,(H,22,25). The van der Waals surface area contributed by atoms with E-state index in [1.807, 2.05) is 24.3 Å². The van der Waals surface area contributed by atoms with Crippen LogP contribution in [0.2, 0.25) is 0 Å². The number of ether oxygens (including phenoxy) is 1. The number of anilines is 2. The van der Waals surface area contributed by atoms with Crippen molar-refractivity contribution < 1.29 is 19.1 Å². The second-order valence-corrected chi connectivity index (χ2v) is 6.48. The van der Waals surface area contributed by atoms with Crippen LogP contribution in [-0.2, 0) is 20.7 Å². The molecule has 1 atom stereocenters. The number of methoxy groups -OCH3 is 1. The van der Waals surface area contributed by atoms with Gasteiger partial charge in [0.25, 0.3) is 0 Å². The second-order valence-electron chi connectivity index (χ2n) is 6.48. The highest BCUT2D eigenvalue weighted by atomic mass is 16.5. The lowest BCUT2D eigenvalue weighted by atomic mass is 10.1. The van der Waals surface area contributed by atoms with Crippen LogP contribution in [0, 0.1) is 5.92 Å². The topological polar surface area (TPSA) is 75.7 Å². The number of nitrogens with zero attached hydrogens (tertiary/aromatic N) is 1. The number of amides is 2. The molecule has 1 aliphatic rings.